The smallest absolute Gasteiger partial charge is 0.208 e. The molecule has 5 nitrogen and oxygen atoms in total. The van der Waals surface area contributed by atoms with Gasteiger partial charge in [-0.2, -0.15) is 0 Å². The summed E-state index contributed by atoms with van der Waals surface area (Å²) in [6.45, 7) is 8.27. The van der Waals surface area contributed by atoms with Gasteiger partial charge in [0.25, 0.3) is 0 Å². The van der Waals surface area contributed by atoms with Crippen LogP contribution in [0.3, 0.4) is 0 Å². The highest BCUT2D eigenvalue weighted by molar-refractivity contribution is 5.79. The van der Waals surface area contributed by atoms with Crippen LogP contribution in [-0.4, -0.2) is 55.0 Å². The molecule has 1 atom stereocenters. The van der Waals surface area contributed by atoms with Gasteiger partial charge in [-0.15, -0.1) is 0 Å². The van der Waals surface area contributed by atoms with Crippen LogP contribution >= 0.6 is 0 Å². The molecule has 0 aromatic rings. The molecule has 1 rings (SSSR count). The molecule has 0 radical (unpaired) electrons. The van der Waals surface area contributed by atoms with Crippen molar-refractivity contribution in [3.8, 4) is 0 Å². The molecule has 0 aliphatic carbocycles. The van der Waals surface area contributed by atoms with E-state index in [0.29, 0.717) is 6.04 Å². The summed E-state index contributed by atoms with van der Waals surface area (Å²) in [6, 6.07) is 0.468. The highest BCUT2D eigenvalue weighted by atomic mass is 15.4. The molecule has 1 unspecified atom stereocenters. The van der Waals surface area contributed by atoms with Gasteiger partial charge in [-0.05, 0) is 20.4 Å². The molecule has 0 bridgehead atoms. The van der Waals surface area contributed by atoms with Crippen molar-refractivity contribution in [2.24, 2.45) is 10.8 Å². The maximum Gasteiger partial charge on any atom is 0.208 e. The van der Waals surface area contributed by atoms with Gasteiger partial charge in [-0.3, -0.25) is 10.4 Å². The number of piperazine rings is 1. The van der Waals surface area contributed by atoms with E-state index in [2.05, 4.69) is 41.1 Å². The highest BCUT2D eigenvalue weighted by Crippen LogP contribution is 2.07. The summed E-state index contributed by atoms with van der Waals surface area (Å²) in [5.41, 5.74) is 2.71. The van der Waals surface area contributed by atoms with E-state index in [1.807, 2.05) is 0 Å². The molecule has 1 aliphatic rings. The molecule has 3 N–H and O–H groups in total. The Morgan fingerprint density at radius 2 is 2.27 bits per heavy atom. The molecule has 1 fully saturated rings. The number of aliphatic imine (C=N–C) groups is 1. The minimum atomic E-state index is 0.468. The topological polar surface area (TPSA) is 56.9 Å². The van der Waals surface area contributed by atoms with Crippen LogP contribution in [0.2, 0.25) is 0 Å². The van der Waals surface area contributed by atoms with Crippen LogP contribution in [0.1, 0.15) is 20.3 Å². The summed E-state index contributed by atoms with van der Waals surface area (Å²) >= 11 is 0. The zero-order chi connectivity index (χ0) is 11.3. The largest absolute Gasteiger partial charge is 0.337 e. The molecule has 5 heteroatoms. The second-order valence-electron chi connectivity index (χ2n) is 4.15. The number of hydrogen-bond acceptors (Lipinski definition) is 3. The van der Waals surface area contributed by atoms with Crippen LogP contribution < -0.4 is 11.3 Å². The zero-order valence-corrected chi connectivity index (χ0v) is 10.0. The summed E-state index contributed by atoms with van der Waals surface area (Å²) in [6.07, 6.45) is 1.05. The molecule has 0 spiro atoms. The zero-order valence-electron chi connectivity index (χ0n) is 10.0. The van der Waals surface area contributed by atoms with Gasteiger partial charge in [0.05, 0.1) is 0 Å². The SMILES string of the molecule is CCCN=C(NN)N1CCN(C)CC1C. The van der Waals surface area contributed by atoms with Crippen LogP contribution in [0.4, 0.5) is 0 Å². The van der Waals surface area contributed by atoms with Crippen molar-refractivity contribution in [2.45, 2.75) is 26.3 Å². The lowest BCUT2D eigenvalue weighted by Gasteiger charge is -2.39. The highest BCUT2D eigenvalue weighted by Gasteiger charge is 2.23. The van der Waals surface area contributed by atoms with Crippen LogP contribution in [0.5, 0.6) is 0 Å². The van der Waals surface area contributed by atoms with E-state index in [9.17, 15) is 0 Å². The Bertz CT molecular complexity index is 216. The average Bonchev–Trinajstić information content (AvgIpc) is 2.21. The quantitative estimate of drug-likeness (QED) is 0.290. The Balaban J connectivity index is 2.59. The summed E-state index contributed by atoms with van der Waals surface area (Å²) < 4.78 is 0. The number of likely N-dealkylation sites (N-methyl/N-ethyl adjacent to an activating group) is 1. The fraction of sp³-hybridized carbons (Fsp3) is 0.900. The van der Waals surface area contributed by atoms with E-state index in [1.165, 1.54) is 0 Å². The molecule has 0 aromatic heterocycles. The molecular formula is C10H23N5. The second kappa shape index (κ2) is 5.92. The van der Waals surface area contributed by atoms with E-state index >= 15 is 0 Å². The minimum Gasteiger partial charge on any atom is -0.337 e. The Hall–Kier alpha value is -0.810. The summed E-state index contributed by atoms with van der Waals surface area (Å²) in [5.74, 6) is 6.34. The fourth-order valence-electron chi connectivity index (χ4n) is 1.89. The lowest BCUT2D eigenvalue weighted by atomic mass is 10.2. The molecule has 0 saturated carbocycles. The van der Waals surface area contributed by atoms with E-state index in [-0.39, 0.29) is 0 Å². The van der Waals surface area contributed by atoms with Gasteiger partial charge in [0.15, 0.2) is 0 Å². The molecule has 1 saturated heterocycles. The molecule has 88 valence electrons. The summed E-state index contributed by atoms with van der Waals surface area (Å²) in [7, 11) is 2.15. The number of nitrogens with zero attached hydrogens (tertiary/aromatic N) is 3. The van der Waals surface area contributed by atoms with Gasteiger partial charge >= 0.3 is 0 Å². The predicted molar refractivity (Wildman–Crippen MR) is 63.6 cm³/mol. The maximum atomic E-state index is 5.51. The first-order chi connectivity index (χ1) is 7.19. The number of rotatable bonds is 2. The van der Waals surface area contributed by atoms with Crippen molar-refractivity contribution in [3.05, 3.63) is 0 Å². The van der Waals surface area contributed by atoms with Gasteiger partial charge in [-0.25, -0.2) is 5.84 Å². The van der Waals surface area contributed by atoms with Gasteiger partial charge in [0.2, 0.25) is 5.96 Å². The minimum absolute atomic E-state index is 0.468. The number of hydrogen-bond donors (Lipinski definition) is 2. The Morgan fingerprint density at radius 1 is 1.53 bits per heavy atom. The average molecular weight is 213 g/mol. The van der Waals surface area contributed by atoms with Gasteiger partial charge in [0, 0.05) is 32.2 Å². The number of guanidine groups is 1. The van der Waals surface area contributed by atoms with E-state index in [1.54, 1.807) is 0 Å². The van der Waals surface area contributed by atoms with Gasteiger partial charge < -0.3 is 9.80 Å². The van der Waals surface area contributed by atoms with Crippen molar-refractivity contribution in [1.29, 1.82) is 0 Å². The first-order valence-electron chi connectivity index (χ1n) is 5.65. The van der Waals surface area contributed by atoms with Crippen LogP contribution in [0, 0.1) is 0 Å². The molecule has 1 heterocycles. The van der Waals surface area contributed by atoms with Crippen LogP contribution in [0.15, 0.2) is 4.99 Å². The van der Waals surface area contributed by atoms with Gasteiger partial charge in [-0.1, -0.05) is 6.92 Å². The monoisotopic (exact) mass is 213 g/mol. The number of nitrogens with one attached hydrogen (secondary N) is 1. The lowest BCUT2D eigenvalue weighted by Crippen LogP contribution is -2.57. The first kappa shape index (κ1) is 12.3. The van der Waals surface area contributed by atoms with Crippen LogP contribution in [0.25, 0.3) is 0 Å². The second-order valence-corrected chi connectivity index (χ2v) is 4.15. The first-order valence-corrected chi connectivity index (χ1v) is 5.65. The van der Waals surface area contributed by atoms with Crippen molar-refractivity contribution < 1.29 is 0 Å². The van der Waals surface area contributed by atoms with Crippen molar-refractivity contribution >= 4 is 5.96 Å². The predicted octanol–water partition coefficient (Wildman–Crippen LogP) is -0.148. The van der Waals surface area contributed by atoms with Crippen LogP contribution in [-0.2, 0) is 0 Å². The Morgan fingerprint density at radius 3 is 2.80 bits per heavy atom. The number of nitrogens with two attached hydrogens (primary N) is 1. The third-order valence-corrected chi connectivity index (χ3v) is 2.72. The molecule has 0 amide bonds. The number of hydrazine groups is 1. The van der Waals surface area contributed by atoms with E-state index in [4.69, 9.17) is 5.84 Å². The molecule has 1 aliphatic heterocycles. The normalized spacial score (nSPS) is 24.4. The molecule has 15 heavy (non-hydrogen) atoms. The Labute approximate surface area is 92.3 Å². The standard InChI is InChI=1S/C10H23N5/c1-4-5-12-10(13-11)15-7-6-14(3)8-9(15)2/h9H,4-8,11H2,1-3H3,(H,12,13). The third kappa shape index (κ3) is 3.35. The Kier molecular flexibility index (Phi) is 4.84. The molecule has 0 aromatic carbocycles. The van der Waals surface area contributed by atoms with Crippen molar-refractivity contribution in [1.82, 2.24) is 15.2 Å². The lowest BCUT2D eigenvalue weighted by molar-refractivity contribution is 0.157. The summed E-state index contributed by atoms with van der Waals surface area (Å²) in [5, 5.41) is 0. The third-order valence-electron chi connectivity index (χ3n) is 2.72. The van der Waals surface area contributed by atoms with E-state index in [0.717, 1.165) is 38.6 Å². The van der Waals surface area contributed by atoms with Crippen molar-refractivity contribution in [3.63, 3.8) is 0 Å². The van der Waals surface area contributed by atoms with Gasteiger partial charge in [0.1, 0.15) is 0 Å². The summed E-state index contributed by atoms with van der Waals surface area (Å²) in [4.78, 5) is 9.02. The maximum absolute atomic E-state index is 5.51. The van der Waals surface area contributed by atoms with Crippen molar-refractivity contribution in [2.75, 3.05) is 33.2 Å². The molecular weight excluding hydrogens is 190 g/mol. The fourth-order valence-corrected chi connectivity index (χ4v) is 1.89. The van der Waals surface area contributed by atoms with E-state index < -0.39 is 0 Å².